The minimum Gasteiger partial charge on any atom is -0.491 e. The first-order valence-corrected chi connectivity index (χ1v) is 11.3. The second-order valence-corrected chi connectivity index (χ2v) is 8.67. The average Bonchev–Trinajstić information content (AvgIpc) is 2.71. The average molecular weight is 442 g/mol. The lowest BCUT2D eigenvalue weighted by Gasteiger charge is -2.12. The third-order valence-electron chi connectivity index (χ3n) is 3.95. The van der Waals surface area contributed by atoms with Crippen molar-refractivity contribution < 1.29 is 17.3 Å². The van der Waals surface area contributed by atoms with Gasteiger partial charge in [-0.2, -0.15) is 8.42 Å². The van der Waals surface area contributed by atoms with Crippen molar-refractivity contribution >= 4 is 21.7 Å². The first kappa shape index (κ1) is 21.8. The highest BCUT2D eigenvalue weighted by Gasteiger charge is 2.10. The SMILES string of the molecule is CC(COc1ccc(C#Cc2ccc(-c3ccc(Cl)cc3)cn2)cc1)OS(C)(=O)=O. The maximum absolute atomic E-state index is 11.1. The molecule has 0 aliphatic carbocycles. The second-order valence-electron chi connectivity index (χ2n) is 6.64. The Kier molecular flexibility index (Phi) is 7.11. The minimum absolute atomic E-state index is 0.127. The summed E-state index contributed by atoms with van der Waals surface area (Å²) in [6, 6.07) is 18.6. The molecule has 1 unspecified atom stereocenters. The van der Waals surface area contributed by atoms with E-state index in [1.807, 2.05) is 48.5 Å². The van der Waals surface area contributed by atoms with Gasteiger partial charge in [-0.1, -0.05) is 35.7 Å². The second kappa shape index (κ2) is 9.77. The van der Waals surface area contributed by atoms with E-state index in [0.717, 1.165) is 22.9 Å². The fourth-order valence-corrected chi connectivity index (χ4v) is 3.37. The molecule has 0 N–H and O–H groups in total. The van der Waals surface area contributed by atoms with Gasteiger partial charge in [0.05, 0.1) is 6.26 Å². The maximum Gasteiger partial charge on any atom is 0.264 e. The molecule has 5 nitrogen and oxygen atoms in total. The molecule has 1 heterocycles. The lowest BCUT2D eigenvalue weighted by atomic mass is 10.1. The van der Waals surface area contributed by atoms with Crippen molar-refractivity contribution in [3.05, 3.63) is 83.1 Å². The van der Waals surface area contributed by atoms with E-state index in [2.05, 4.69) is 16.8 Å². The third-order valence-corrected chi connectivity index (χ3v) is 4.88. The zero-order valence-corrected chi connectivity index (χ0v) is 18.1. The summed E-state index contributed by atoms with van der Waals surface area (Å²) in [5.41, 5.74) is 3.51. The van der Waals surface area contributed by atoms with Crippen molar-refractivity contribution in [3.63, 3.8) is 0 Å². The van der Waals surface area contributed by atoms with E-state index in [-0.39, 0.29) is 6.61 Å². The summed E-state index contributed by atoms with van der Waals surface area (Å²) in [6.45, 7) is 1.76. The highest BCUT2D eigenvalue weighted by atomic mass is 35.5. The molecule has 0 saturated carbocycles. The first-order valence-electron chi connectivity index (χ1n) is 9.14. The van der Waals surface area contributed by atoms with Crippen LogP contribution >= 0.6 is 11.6 Å². The zero-order chi connectivity index (χ0) is 21.6. The van der Waals surface area contributed by atoms with Crippen molar-refractivity contribution in [1.82, 2.24) is 4.98 Å². The van der Waals surface area contributed by atoms with Crippen LogP contribution in [-0.2, 0) is 14.3 Å². The number of halogens is 1. The summed E-state index contributed by atoms with van der Waals surface area (Å²) in [4.78, 5) is 4.39. The molecular weight excluding hydrogens is 422 g/mol. The molecule has 0 spiro atoms. The van der Waals surface area contributed by atoms with E-state index >= 15 is 0 Å². The van der Waals surface area contributed by atoms with Gasteiger partial charge in [-0.15, -0.1) is 0 Å². The Bertz CT molecular complexity index is 1150. The molecule has 3 aromatic rings. The molecule has 0 aliphatic rings. The molecule has 0 amide bonds. The van der Waals surface area contributed by atoms with Crippen LogP contribution in [0.2, 0.25) is 5.02 Å². The summed E-state index contributed by atoms with van der Waals surface area (Å²) in [5.74, 6) is 6.70. The molecule has 1 aromatic heterocycles. The van der Waals surface area contributed by atoms with Gasteiger partial charge in [0, 0.05) is 22.3 Å². The number of benzene rings is 2. The van der Waals surface area contributed by atoms with Crippen LogP contribution in [0.5, 0.6) is 5.75 Å². The van der Waals surface area contributed by atoms with Crippen LogP contribution in [0.15, 0.2) is 66.9 Å². The maximum atomic E-state index is 11.1. The van der Waals surface area contributed by atoms with E-state index in [1.54, 1.807) is 25.3 Å². The van der Waals surface area contributed by atoms with E-state index in [0.29, 0.717) is 16.5 Å². The smallest absolute Gasteiger partial charge is 0.264 e. The summed E-state index contributed by atoms with van der Waals surface area (Å²) >= 11 is 5.92. The van der Waals surface area contributed by atoms with Gasteiger partial charge in [0.2, 0.25) is 0 Å². The fraction of sp³-hybridized carbons (Fsp3) is 0.174. The van der Waals surface area contributed by atoms with Crippen molar-refractivity contribution in [2.75, 3.05) is 12.9 Å². The Hall–Kier alpha value is -2.85. The molecule has 0 fully saturated rings. The van der Waals surface area contributed by atoms with Gasteiger partial charge in [0.15, 0.2) is 0 Å². The van der Waals surface area contributed by atoms with Gasteiger partial charge >= 0.3 is 0 Å². The summed E-state index contributed by atoms with van der Waals surface area (Å²) in [5, 5.41) is 0.697. The van der Waals surface area contributed by atoms with Crippen LogP contribution in [-0.4, -0.2) is 32.4 Å². The Morgan fingerprint density at radius 2 is 1.63 bits per heavy atom. The Balaban J connectivity index is 1.59. The number of pyridine rings is 1. The van der Waals surface area contributed by atoms with Gasteiger partial charge < -0.3 is 4.74 Å². The summed E-state index contributed by atoms with van der Waals surface area (Å²) in [6.07, 6.45) is 2.22. The molecular formula is C23H20ClNO4S. The number of aromatic nitrogens is 1. The van der Waals surface area contributed by atoms with E-state index in [4.69, 9.17) is 20.5 Å². The lowest BCUT2D eigenvalue weighted by Crippen LogP contribution is -2.21. The molecule has 0 radical (unpaired) electrons. The predicted molar refractivity (Wildman–Crippen MR) is 118 cm³/mol. The van der Waals surface area contributed by atoms with Gasteiger partial charge in [-0.05, 0) is 60.9 Å². The molecule has 0 aliphatic heterocycles. The standard InChI is InChI=1S/C23H20ClNO4S/c1-17(29-30(2,26)27)16-28-23-13-4-18(5-14-23)3-11-22-12-8-20(15-25-22)19-6-9-21(24)10-7-19/h4-10,12-15,17H,16H2,1-2H3. The number of rotatable bonds is 6. The van der Waals surface area contributed by atoms with Crippen LogP contribution < -0.4 is 4.74 Å². The Morgan fingerprint density at radius 3 is 2.23 bits per heavy atom. The molecule has 2 aromatic carbocycles. The third kappa shape index (κ3) is 6.89. The molecule has 7 heteroatoms. The molecule has 3 rings (SSSR count). The predicted octanol–water partition coefficient (Wildman–Crippen LogP) is 4.55. The summed E-state index contributed by atoms with van der Waals surface area (Å²) in [7, 11) is -3.50. The largest absolute Gasteiger partial charge is 0.491 e. The van der Waals surface area contributed by atoms with Crippen LogP contribution in [0.3, 0.4) is 0 Å². The van der Waals surface area contributed by atoms with Gasteiger partial charge in [0.1, 0.15) is 24.2 Å². The fourth-order valence-electron chi connectivity index (χ4n) is 2.59. The number of hydrogen-bond acceptors (Lipinski definition) is 5. The van der Waals surface area contributed by atoms with Gasteiger partial charge in [-0.25, -0.2) is 4.98 Å². The van der Waals surface area contributed by atoms with E-state index < -0.39 is 16.2 Å². The zero-order valence-electron chi connectivity index (χ0n) is 16.5. The van der Waals surface area contributed by atoms with Crippen LogP contribution in [0, 0.1) is 11.8 Å². The van der Waals surface area contributed by atoms with E-state index in [9.17, 15) is 8.42 Å². The highest BCUT2D eigenvalue weighted by molar-refractivity contribution is 7.86. The van der Waals surface area contributed by atoms with Crippen LogP contribution in [0.25, 0.3) is 11.1 Å². The monoisotopic (exact) mass is 441 g/mol. The molecule has 0 bridgehead atoms. The molecule has 0 saturated heterocycles. The minimum atomic E-state index is -3.50. The quantitative estimate of drug-likeness (QED) is 0.415. The van der Waals surface area contributed by atoms with Gasteiger partial charge in [-0.3, -0.25) is 4.18 Å². The van der Waals surface area contributed by atoms with Crippen LogP contribution in [0.4, 0.5) is 0 Å². The van der Waals surface area contributed by atoms with Crippen molar-refractivity contribution in [2.24, 2.45) is 0 Å². The molecule has 1 atom stereocenters. The highest BCUT2D eigenvalue weighted by Crippen LogP contribution is 2.20. The first-order chi connectivity index (χ1) is 14.3. The van der Waals surface area contributed by atoms with Crippen LogP contribution in [0.1, 0.15) is 18.2 Å². The van der Waals surface area contributed by atoms with Gasteiger partial charge in [0.25, 0.3) is 10.1 Å². The molecule has 30 heavy (non-hydrogen) atoms. The topological polar surface area (TPSA) is 65.5 Å². The van der Waals surface area contributed by atoms with Crippen molar-refractivity contribution in [2.45, 2.75) is 13.0 Å². The normalized spacial score (nSPS) is 12.0. The van der Waals surface area contributed by atoms with Crippen molar-refractivity contribution in [1.29, 1.82) is 0 Å². The Labute approximate surface area is 181 Å². The van der Waals surface area contributed by atoms with Crippen molar-refractivity contribution in [3.8, 4) is 28.7 Å². The Morgan fingerprint density at radius 1 is 0.967 bits per heavy atom. The van der Waals surface area contributed by atoms with E-state index in [1.165, 1.54) is 0 Å². The lowest BCUT2D eigenvalue weighted by molar-refractivity contribution is 0.150. The number of hydrogen-bond donors (Lipinski definition) is 0. The number of ether oxygens (including phenoxy) is 1. The summed E-state index contributed by atoms with van der Waals surface area (Å²) < 4.78 is 32.5. The number of nitrogens with zero attached hydrogens (tertiary/aromatic N) is 1. The molecule has 154 valence electrons.